The summed E-state index contributed by atoms with van der Waals surface area (Å²) in [6, 6.07) is 4.45. The van der Waals surface area contributed by atoms with Crippen molar-refractivity contribution >= 4 is 11.3 Å². The Morgan fingerprint density at radius 2 is 1.65 bits per heavy atom. The molecule has 2 nitrogen and oxygen atoms in total. The van der Waals surface area contributed by atoms with E-state index in [0.717, 1.165) is 18.4 Å². The van der Waals surface area contributed by atoms with E-state index in [9.17, 15) is 0 Å². The molecule has 1 aromatic rings. The summed E-state index contributed by atoms with van der Waals surface area (Å²) in [4.78, 5) is 5.49. The van der Waals surface area contributed by atoms with Gasteiger partial charge in [0.1, 0.15) is 0 Å². The average molecular weight is 250 g/mol. The fraction of sp³-hybridized carbons (Fsp3) is 0.714. The van der Waals surface area contributed by atoms with Crippen molar-refractivity contribution in [1.29, 1.82) is 0 Å². The van der Waals surface area contributed by atoms with Gasteiger partial charge in [0.2, 0.25) is 0 Å². The summed E-state index contributed by atoms with van der Waals surface area (Å²) in [5.41, 5.74) is 5.67. The second kappa shape index (κ2) is 5.09. The summed E-state index contributed by atoms with van der Waals surface area (Å²) in [5.74, 6) is 2.00. The average Bonchev–Trinajstić information content (AvgIpc) is 3.22. The van der Waals surface area contributed by atoms with E-state index in [1.165, 1.54) is 48.5 Å². The third-order valence-corrected chi connectivity index (χ3v) is 4.82. The third kappa shape index (κ3) is 3.54. The smallest absolute Gasteiger partial charge is 0.0328 e. The standard InChI is InChI=1S/C14H22N2S/c15-7-13-5-6-14(17-13)10-16(8-11-1-2-11)9-12-3-4-12/h5-6,11-12H,1-4,7-10,15H2. The van der Waals surface area contributed by atoms with Crippen LogP contribution in [0.2, 0.25) is 0 Å². The second-order valence-electron chi connectivity index (χ2n) is 5.65. The molecule has 2 saturated carbocycles. The minimum Gasteiger partial charge on any atom is -0.326 e. The van der Waals surface area contributed by atoms with Crippen molar-refractivity contribution in [1.82, 2.24) is 4.90 Å². The predicted octanol–water partition coefficient (Wildman–Crippen LogP) is 2.83. The summed E-state index contributed by atoms with van der Waals surface area (Å²) < 4.78 is 0. The first-order valence-corrected chi connectivity index (χ1v) is 7.65. The molecule has 94 valence electrons. The number of nitrogens with zero attached hydrogens (tertiary/aromatic N) is 1. The largest absolute Gasteiger partial charge is 0.326 e. The Morgan fingerprint density at radius 1 is 1.06 bits per heavy atom. The van der Waals surface area contributed by atoms with Crippen LogP contribution in [0, 0.1) is 11.8 Å². The molecule has 0 aliphatic heterocycles. The highest BCUT2D eigenvalue weighted by molar-refractivity contribution is 7.11. The number of hydrogen-bond acceptors (Lipinski definition) is 3. The minimum absolute atomic E-state index is 0.690. The number of nitrogens with two attached hydrogens (primary N) is 1. The summed E-state index contributed by atoms with van der Waals surface area (Å²) in [7, 11) is 0. The molecule has 1 aromatic heterocycles. The van der Waals surface area contributed by atoms with Gasteiger partial charge in [-0.25, -0.2) is 0 Å². The Morgan fingerprint density at radius 3 is 2.12 bits per heavy atom. The van der Waals surface area contributed by atoms with Gasteiger partial charge in [-0.2, -0.15) is 0 Å². The Labute approximate surface area is 108 Å². The van der Waals surface area contributed by atoms with Crippen LogP contribution in [0.4, 0.5) is 0 Å². The molecule has 2 aliphatic rings. The fourth-order valence-electron chi connectivity index (χ4n) is 2.37. The molecule has 0 unspecified atom stereocenters. The van der Waals surface area contributed by atoms with Crippen LogP contribution in [-0.2, 0) is 13.1 Å². The topological polar surface area (TPSA) is 29.3 Å². The van der Waals surface area contributed by atoms with E-state index >= 15 is 0 Å². The maximum atomic E-state index is 5.67. The van der Waals surface area contributed by atoms with Gasteiger partial charge in [-0.05, 0) is 49.7 Å². The van der Waals surface area contributed by atoms with Gasteiger partial charge in [-0.3, -0.25) is 4.90 Å². The highest BCUT2D eigenvalue weighted by Gasteiger charge is 2.29. The van der Waals surface area contributed by atoms with Gasteiger partial charge in [0.05, 0.1) is 0 Å². The van der Waals surface area contributed by atoms with Crippen LogP contribution in [0.1, 0.15) is 35.4 Å². The van der Waals surface area contributed by atoms with Gasteiger partial charge in [0, 0.05) is 35.9 Å². The van der Waals surface area contributed by atoms with Crippen LogP contribution >= 0.6 is 11.3 Å². The zero-order valence-corrected chi connectivity index (χ0v) is 11.2. The van der Waals surface area contributed by atoms with E-state index in [0.29, 0.717) is 6.54 Å². The van der Waals surface area contributed by atoms with Crippen molar-refractivity contribution in [3.63, 3.8) is 0 Å². The van der Waals surface area contributed by atoms with E-state index in [1.54, 1.807) is 0 Å². The lowest BCUT2D eigenvalue weighted by Gasteiger charge is -2.21. The SMILES string of the molecule is NCc1ccc(CN(CC2CC2)CC2CC2)s1. The lowest BCUT2D eigenvalue weighted by atomic mass is 10.3. The minimum atomic E-state index is 0.690. The van der Waals surface area contributed by atoms with Crippen LogP contribution in [0.3, 0.4) is 0 Å². The summed E-state index contributed by atoms with van der Waals surface area (Å²) >= 11 is 1.89. The summed E-state index contributed by atoms with van der Waals surface area (Å²) in [6.45, 7) is 4.49. The number of hydrogen-bond donors (Lipinski definition) is 1. The molecule has 17 heavy (non-hydrogen) atoms. The molecule has 3 heteroatoms. The third-order valence-electron chi connectivity index (χ3n) is 3.72. The summed E-state index contributed by atoms with van der Waals surface area (Å²) in [5, 5.41) is 0. The van der Waals surface area contributed by atoms with Crippen LogP contribution in [0.25, 0.3) is 0 Å². The van der Waals surface area contributed by atoms with Gasteiger partial charge < -0.3 is 5.73 Å². The molecular formula is C14H22N2S. The van der Waals surface area contributed by atoms with Crippen molar-refractivity contribution in [2.45, 2.75) is 38.8 Å². The monoisotopic (exact) mass is 250 g/mol. The summed E-state index contributed by atoms with van der Waals surface area (Å²) in [6.07, 6.45) is 5.83. The first kappa shape index (κ1) is 11.7. The van der Waals surface area contributed by atoms with Crippen LogP contribution in [-0.4, -0.2) is 18.0 Å². The van der Waals surface area contributed by atoms with Gasteiger partial charge in [-0.15, -0.1) is 11.3 Å². The predicted molar refractivity (Wildman–Crippen MR) is 72.9 cm³/mol. The fourth-order valence-corrected chi connectivity index (χ4v) is 3.31. The Hall–Kier alpha value is -0.380. The van der Waals surface area contributed by atoms with Crippen LogP contribution in [0.15, 0.2) is 12.1 Å². The van der Waals surface area contributed by atoms with Gasteiger partial charge in [-0.1, -0.05) is 0 Å². The van der Waals surface area contributed by atoms with Gasteiger partial charge in [0.15, 0.2) is 0 Å². The molecule has 0 spiro atoms. The molecule has 0 amide bonds. The molecule has 3 rings (SSSR count). The van der Waals surface area contributed by atoms with E-state index in [-0.39, 0.29) is 0 Å². The molecule has 2 fully saturated rings. The van der Waals surface area contributed by atoms with E-state index < -0.39 is 0 Å². The Balaban J connectivity index is 1.56. The maximum Gasteiger partial charge on any atom is 0.0328 e. The van der Waals surface area contributed by atoms with Crippen molar-refractivity contribution in [3.8, 4) is 0 Å². The molecule has 0 saturated heterocycles. The quantitative estimate of drug-likeness (QED) is 0.806. The zero-order chi connectivity index (χ0) is 11.7. The molecule has 0 radical (unpaired) electrons. The van der Waals surface area contributed by atoms with Gasteiger partial charge in [0.25, 0.3) is 0 Å². The van der Waals surface area contributed by atoms with Gasteiger partial charge >= 0.3 is 0 Å². The van der Waals surface area contributed by atoms with E-state index in [4.69, 9.17) is 5.73 Å². The molecule has 2 aliphatic carbocycles. The molecule has 1 heterocycles. The van der Waals surface area contributed by atoms with Crippen molar-refractivity contribution < 1.29 is 0 Å². The first-order valence-electron chi connectivity index (χ1n) is 6.83. The highest BCUT2D eigenvalue weighted by atomic mass is 32.1. The van der Waals surface area contributed by atoms with Crippen molar-refractivity contribution in [3.05, 3.63) is 21.9 Å². The maximum absolute atomic E-state index is 5.67. The zero-order valence-electron chi connectivity index (χ0n) is 10.4. The van der Waals surface area contributed by atoms with Crippen LogP contribution < -0.4 is 5.73 Å². The second-order valence-corrected chi connectivity index (χ2v) is 6.91. The Bertz CT molecular complexity index is 352. The molecule has 0 aromatic carbocycles. The normalized spacial score (nSPS) is 20.1. The molecule has 0 atom stereocenters. The van der Waals surface area contributed by atoms with Crippen molar-refractivity contribution in [2.75, 3.05) is 13.1 Å². The van der Waals surface area contributed by atoms with E-state index in [1.807, 2.05) is 11.3 Å². The number of thiophene rings is 1. The van der Waals surface area contributed by atoms with Crippen LogP contribution in [0.5, 0.6) is 0 Å². The molecule has 0 bridgehead atoms. The molecule has 2 N–H and O–H groups in total. The highest BCUT2D eigenvalue weighted by Crippen LogP contribution is 2.34. The van der Waals surface area contributed by atoms with E-state index in [2.05, 4.69) is 17.0 Å². The van der Waals surface area contributed by atoms with Crippen molar-refractivity contribution in [2.24, 2.45) is 17.6 Å². The Kier molecular flexibility index (Phi) is 3.50. The first-order chi connectivity index (χ1) is 8.33. The lowest BCUT2D eigenvalue weighted by molar-refractivity contribution is 0.246. The lowest BCUT2D eigenvalue weighted by Crippen LogP contribution is -2.27. The molecular weight excluding hydrogens is 228 g/mol. The number of rotatable bonds is 7.